The van der Waals surface area contributed by atoms with Crippen molar-refractivity contribution in [1.29, 1.82) is 0 Å². The summed E-state index contributed by atoms with van der Waals surface area (Å²) < 4.78 is 4.91. The first-order valence-electron chi connectivity index (χ1n) is 3.35. The molecule has 2 rings (SSSR count). The molecule has 1 heterocycles. The van der Waals surface area contributed by atoms with Crippen molar-refractivity contribution in [3.05, 3.63) is 46.8 Å². The van der Waals surface area contributed by atoms with Crippen molar-refractivity contribution in [2.24, 2.45) is 0 Å². The molecule has 1 aromatic carbocycles. The molecule has 1 aromatic heterocycles. The number of benzene rings is 1. The Hall–Kier alpha value is -1.05. The van der Waals surface area contributed by atoms with Gasteiger partial charge in [-0.3, -0.25) is 0 Å². The van der Waals surface area contributed by atoms with E-state index in [4.69, 9.17) is 4.42 Å². The van der Waals surface area contributed by atoms with Crippen LogP contribution >= 0.6 is 0 Å². The zero-order valence-electron chi connectivity index (χ0n) is 6.13. The molecule has 3 heteroatoms. The SMILES string of the molecule is O=c1ccc2ccccc2o1.[Fe]. The molecule has 0 bridgehead atoms. The van der Waals surface area contributed by atoms with Gasteiger partial charge in [0, 0.05) is 28.5 Å². The number of rotatable bonds is 0. The van der Waals surface area contributed by atoms with Crippen LogP contribution < -0.4 is 5.63 Å². The van der Waals surface area contributed by atoms with Crippen LogP contribution in [0.25, 0.3) is 11.0 Å². The molecule has 0 saturated carbocycles. The van der Waals surface area contributed by atoms with Gasteiger partial charge in [-0.25, -0.2) is 4.79 Å². The molecule has 0 aliphatic carbocycles. The van der Waals surface area contributed by atoms with Crippen LogP contribution in [0.15, 0.2) is 45.6 Å². The van der Waals surface area contributed by atoms with Gasteiger partial charge in [0.15, 0.2) is 0 Å². The minimum absolute atomic E-state index is 0. The molecule has 0 aliphatic rings. The van der Waals surface area contributed by atoms with Crippen molar-refractivity contribution in [2.75, 3.05) is 0 Å². The molecular weight excluding hydrogens is 196 g/mol. The molecule has 0 saturated heterocycles. The fourth-order valence-electron chi connectivity index (χ4n) is 1.01. The summed E-state index contributed by atoms with van der Waals surface area (Å²) in [6.45, 7) is 0. The Labute approximate surface area is 79.7 Å². The summed E-state index contributed by atoms with van der Waals surface area (Å²) in [5.74, 6) is 0. The second kappa shape index (κ2) is 3.57. The molecule has 0 N–H and O–H groups in total. The van der Waals surface area contributed by atoms with Crippen molar-refractivity contribution in [3.8, 4) is 0 Å². The minimum Gasteiger partial charge on any atom is -0.423 e. The summed E-state index contributed by atoms with van der Waals surface area (Å²) in [6, 6.07) is 10.6. The third kappa shape index (κ3) is 1.58. The Kier molecular flexibility index (Phi) is 2.69. The molecule has 0 aliphatic heterocycles. The largest absolute Gasteiger partial charge is 0.423 e. The van der Waals surface area contributed by atoms with Gasteiger partial charge < -0.3 is 4.42 Å². The van der Waals surface area contributed by atoms with Gasteiger partial charge in [-0.1, -0.05) is 18.2 Å². The first kappa shape index (κ1) is 9.04. The molecule has 0 fully saturated rings. The average molecular weight is 202 g/mol. The second-order valence-corrected chi connectivity index (χ2v) is 2.29. The Morgan fingerprint density at radius 3 is 2.58 bits per heavy atom. The van der Waals surface area contributed by atoms with E-state index in [1.165, 1.54) is 6.07 Å². The van der Waals surface area contributed by atoms with Gasteiger partial charge in [0.25, 0.3) is 0 Å². The molecule has 0 unspecified atom stereocenters. The number of fused-ring (bicyclic) bond motifs is 1. The van der Waals surface area contributed by atoms with E-state index in [2.05, 4.69) is 0 Å². The number of hydrogen-bond acceptors (Lipinski definition) is 2. The molecule has 62 valence electrons. The Morgan fingerprint density at radius 2 is 1.75 bits per heavy atom. The van der Waals surface area contributed by atoms with Crippen LogP contribution in [0.1, 0.15) is 0 Å². The van der Waals surface area contributed by atoms with Gasteiger partial charge in [0.05, 0.1) is 0 Å². The van der Waals surface area contributed by atoms with Crippen LogP contribution in [0.5, 0.6) is 0 Å². The van der Waals surface area contributed by atoms with Crippen molar-refractivity contribution in [2.45, 2.75) is 0 Å². The van der Waals surface area contributed by atoms with Gasteiger partial charge in [0.1, 0.15) is 5.58 Å². The maximum Gasteiger partial charge on any atom is 0.336 e. The molecule has 2 aromatic rings. The number of hydrogen-bond donors (Lipinski definition) is 0. The van der Waals surface area contributed by atoms with Crippen molar-refractivity contribution >= 4 is 11.0 Å². The summed E-state index contributed by atoms with van der Waals surface area (Å²) in [5, 5.41) is 0.951. The first-order chi connectivity index (χ1) is 5.36. The third-order valence-corrected chi connectivity index (χ3v) is 1.53. The summed E-state index contributed by atoms with van der Waals surface area (Å²) >= 11 is 0. The Balaban J connectivity index is 0.000000720. The van der Waals surface area contributed by atoms with Gasteiger partial charge in [-0.05, 0) is 12.1 Å². The summed E-state index contributed by atoms with van der Waals surface area (Å²) in [4.78, 5) is 10.7. The van der Waals surface area contributed by atoms with E-state index in [-0.39, 0.29) is 22.7 Å². The van der Waals surface area contributed by atoms with E-state index in [1.807, 2.05) is 18.2 Å². The maximum atomic E-state index is 10.7. The standard InChI is InChI=1S/C9H6O2.Fe/c10-9-6-5-7-3-1-2-4-8(7)11-9;/h1-6H;. The average Bonchev–Trinajstić information content (AvgIpc) is 2.04. The number of para-hydroxylation sites is 1. The van der Waals surface area contributed by atoms with E-state index >= 15 is 0 Å². The van der Waals surface area contributed by atoms with Crippen molar-refractivity contribution in [1.82, 2.24) is 0 Å². The van der Waals surface area contributed by atoms with E-state index in [0.717, 1.165) is 5.39 Å². The van der Waals surface area contributed by atoms with E-state index in [9.17, 15) is 4.79 Å². The van der Waals surface area contributed by atoms with E-state index in [0.29, 0.717) is 5.58 Å². The zero-order chi connectivity index (χ0) is 7.68. The first-order valence-corrected chi connectivity index (χ1v) is 3.35. The Morgan fingerprint density at radius 1 is 1.00 bits per heavy atom. The maximum absolute atomic E-state index is 10.7. The van der Waals surface area contributed by atoms with Gasteiger partial charge >= 0.3 is 5.63 Å². The van der Waals surface area contributed by atoms with Crippen LogP contribution in [-0.4, -0.2) is 0 Å². The molecular formula is C9H6FeO2. The summed E-state index contributed by atoms with van der Waals surface area (Å²) in [7, 11) is 0. The molecule has 0 atom stereocenters. The monoisotopic (exact) mass is 202 g/mol. The molecule has 0 spiro atoms. The van der Waals surface area contributed by atoms with Crippen LogP contribution in [0, 0.1) is 0 Å². The molecule has 2 nitrogen and oxygen atoms in total. The molecule has 12 heavy (non-hydrogen) atoms. The fraction of sp³-hybridized carbons (Fsp3) is 0. The fourth-order valence-corrected chi connectivity index (χ4v) is 1.01. The summed E-state index contributed by atoms with van der Waals surface area (Å²) in [5.41, 5.74) is 0.337. The second-order valence-electron chi connectivity index (χ2n) is 2.29. The molecule has 0 radical (unpaired) electrons. The predicted molar refractivity (Wildman–Crippen MR) is 42.5 cm³/mol. The van der Waals surface area contributed by atoms with Crippen LogP contribution in [-0.2, 0) is 17.1 Å². The minimum atomic E-state index is -0.302. The van der Waals surface area contributed by atoms with Crippen LogP contribution in [0.2, 0.25) is 0 Å². The van der Waals surface area contributed by atoms with Crippen LogP contribution in [0.4, 0.5) is 0 Å². The Bertz CT molecular complexity index is 433. The normalized spacial score (nSPS) is 9.33. The summed E-state index contributed by atoms with van der Waals surface area (Å²) in [6.07, 6.45) is 0. The van der Waals surface area contributed by atoms with E-state index < -0.39 is 0 Å². The van der Waals surface area contributed by atoms with Gasteiger partial charge in [-0.2, -0.15) is 0 Å². The third-order valence-electron chi connectivity index (χ3n) is 1.53. The predicted octanol–water partition coefficient (Wildman–Crippen LogP) is 1.79. The molecule has 0 amide bonds. The van der Waals surface area contributed by atoms with Crippen molar-refractivity contribution in [3.63, 3.8) is 0 Å². The van der Waals surface area contributed by atoms with Gasteiger partial charge in [-0.15, -0.1) is 0 Å². The van der Waals surface area contributed by atoms with Crippen LogP contribution in [0.3, 0.4) is 0 Å². The topological polar surface area (TPSA) is 30.2 Å². The van der Waals surface area contributed by atoms with Crippen molar-refractivity contribution < 1.29 is 21.5 Å². The van der Waals surface area contributed by atoms with Gasteiger partial charge in [0.2, 0.25) is 0 Å². The zero-order valence-corrected chi connectivity index (χ0v) is 7.24. The van der Waals surface area contributed by atoms with E-state index in [1.54, 1.807) is 12.1 Å². The smallest absolute Gasteiger partial charge is 0.336 e. The quantitative estimate of drug-likeness (QED) is 0.481.